The Bertz CT molecular complexity index is 1770. The molecule has 0 aliphatic carbocycles. The molecule has 17 heteroatoms. The second-order valence-electron chi connectivity index (χ2n) is 14.8. The minimum absolute atomic E-state index is 0.0480. The number of hydrogen-bond acceptors (Lipinski definition) is 13. The van der Waals surface area contributed by atoms with Crippen LogP contribution >= 0.6 is 15.6 Å². The summed E-state index contributed by atoms with van der Waals surface area (Å²) in [5, 5.41) is 30.0. The number of hydrogen-bond donors (Lipinski definition) is 5. The first kappa shape index (κ1) is 63.9. The van der Waals surface area contributed by atoms with Crippen molar-refractivity contribution in [2.45, 2.75) is 122 Å². The molecule has 0 aliphatic heterocycles. The van der Waals surface area contributed by atoms with Gasteiger partial charge in [0.1, 0.15) is 31.5 Å². The highest BCUT2D eigenvalue weighted by molar-refractivity contribution is 7.47. The molecule has 0 saturated carbocycles. The van der Waals surface area contributed by atoms with Gasteiger partial charge in [0.2, 0.25) is 0 Å². The molecule has 68 heavy (non-hydrogen) atoms. The van der Waals surface area contributed by atoms with Gasteiger partial charge in [-0.2, -0.15) is 0 Å². The van der Waals surface area contributed by atoms with Gasteiger partial charge in [0.25, 0.3) is 0 Å². The summed E-state index contributed by atoms with van der Waals surface area (Å²) in [6, 6.07) is 0. The van der Waals surface area contributed by atoms with E-state index in [2.05, 4.69) is 98.8 Å². The van der Waals surface area contributed by atoms with Crippen molar-refractivity contribution >= 4 is 27.6 Å². The van der Waals surface area contributed by atoms with Gasteiger partial charge in [-0.15, -0.1) is 0 Å². The monoisotopic (exact) mass is 992 g/mol. The molecule has 0 aromatic rings. The Labute approximate surface area is 405 Å². The number of phosphoric ester groups is 2. The first-order valence-corrected chi connectivity index (χ1v) is 26.2. The highest BCUT2D eigenvalue weighted by Crippen LogP contribution is 2.45. The molecular formula is C51H78O15P2. The van der Waals surface area contributed by atoms with Crippen molar-refractivity contribution in [1.29, 1.82) is 0 Å². The molecule has 0 aliphatic rings. The van der Waals surface area contributed by atoms with E-state index in [4.69, 9.17) is 9.47 Å². The molecule has 0 radical (unpaired) electrons. The molecule has 382 valence electrons. The lowest BCUT2D eigenvalue weighted by Gasteiger charge is -2.19. The van der Waals surface area contributed by atoms with E-state index in [0.29, 0.717) is 12.8 Å². The first-order valence-electron chi connectivity index (χ1n) is 23.3. The third-order valence-corrected chi connectivity index (χ3v) is 10.4. The zero-order valence-electron chi connectivity index (χ0n) is 39.9. The van der Waals surface area contributed by atoms with Crippen LogP contribution < -0.4 is 0 Å². The number of carbonyl (C=O) groups is 2. The van der Waals surface area contributed by atoms with Crippen molar-refractivity contribution in [3.05, 3.63) is 146 Å². The Hall–Kier alpha value is -4.08. The largest absolute Gasteiger partial charge is 0.472 e. The number of aliphatic hydroxyl groups is 3. The second-order valence-corrected chi connectivity index (χ2v) is 17.7. The van der Waals surface area contributed by atoms with E-state index < -0.39 is 85.5 Å². The summed E-state index contributed by atoms with van der Waals surface area (Å²) in [4.78, 5) is 43.7. The highest BCUT2D eigenvalue weighted by Gasteiger charge is 2.28. The maximum atomic E-state index is 12.2. The van der Waals surface area contributed by atoms with E-state index in [1.165, 1.54) is 0 Å². The van der Waals surface area contributed by atoms with Crippen LogP contribution in [-0.2, 0) is 46.3 Å². The lowest BCUT2D eigenvalue weighted by Crippen LogP contribution is -2.25. The SMILES string of the molecule is CC/C=C\C/C=C\C/C=C\C/C=C\C/C=C\C/C=C\C/C=C\CC(=O)OCC(O)COP(=O)(O)OCC(O)COP(=O)(O)OCC(O)COC(=O)CCCCC/C=C/C=C\C=C/C=C/C=C/CC. The fourth-order valence-corrected chi connectivity index (χ4v) is 6.50. The summed E-state index contributed by atoms with van der Waals surface area (Å²) in [6.07, 6.45) is 54.4. The predicted molar refractivity (Wildman–Crippen MR) is 269 cm³/mol. The summed E-state index contributed by atoms with van der Waals surface area (Å²) in [7, 11) is -9.63. The molecule has 0 aromatic carbocycles. The van der Waals surface area contributed by atoms with Gasteiger partial charge >= 0.3 is 27.6 Å². The molecule has 0 bridgehead atoms. The van der Waals surface area contributed by atoms with E-state index in [-0.39, 0.29) is 12.8 Å². The molecule has 5 unspecified atom stereocenters. The van der Waals surface area contributed by atoms with Crippen molar-refractivity contribution in [2.24, 2.45) is 0 Å². The van der Waals surface area contributed by atoms with E-state index in [9.17, 15) is 43.8 Å². The van der Waals surface area contributed by atoms with Gasteiger partial charge in [0.15, 0.2) is 0 Å². The topological polar surface area (TPSA) is 225 Å². The lowest BCUT2D eigenvalue weighted by molar-refractivity contribution is -0.147. The number of unbranched alkanes of at least 4 members (excludes halogenated alkanes) is 3. The number of carbonyl (C=O) groups excluding carboxylic acids is 2. The molecule has 5 atom stereocenters. The Balaban J connectivity index is 4.07. The van der Waals surface area contributed by atoms with Gasteiger partial charge in [0.05, 0.1) is 32.8 Å². The number of phosphoric acid groups is 2. The number of aliphatic hydroxyl groups excluding tert-OH is 3. The minimum atomic E-state index is -4.82. The zero-order chi connectivity index (χ0) is 50.2. The molecule has 0 heterocycles. The maximum Gasteiger partial charge on any atom is 0.472 e. The van der Waals surface area contributed by atoms with Crippen molar-refractivity contribution in [2.75, 3.05) is 39.6 Å². The molecule has 0 rings (SSSR count). The van der Waals surface area contributed by atoms with Gasteiger partial charge in [-0.05, 0) is 70.6 Å². The molecule has 5 N–H and O–H groups in total. The molecule has 0 aromatic heterocycles. The van der Waals surface area contributed by atoms with Crippen molar-refractivity contribution in [1.82, 2.24) is 0 Å². The maximum absolute atomic E-state index is 12.2. The quantitative estimate of drug-likeness (QED) is 0.0126. The molecule has 15 nitrogen and oxygen atoms in total. The van der Waals surface area contributed by atoms with Crippen LogP contribution in [0.5, 0.6) is 0 Å². The third-order valence-electron chi connectivity index (χ3n) is 8.45. The van der Waals surface area contributed by atoms with Gasteiger partial charge in [-0.25, -0.2) is 9.13 Å². The van der Waals surface area contributed by atoms with Crippen molar-refractivity contribution < 1.29 is 71.4 Å². The molecule has 0 fully saturated rings. The minimum Gasteiger partial charge on any atom is -0.463 e. The van der Waals surface area contributed by atoms with Crippen LogP contribution in [0, 0.1) is 0 Å². The van der Waals surface area contributed by atoms with Gasteiger partial charge in [-0.1, -0.05) is 166 Å². The fourth-order valence-electron chi connectivity index (χ4n) is 4.90. The van der Waals surface area contributed by atoms with Gasteiger partial charge < -0.3 is 34.6 Å². The molecule has 0 saturated heterocycles. The Morgan fingerprint density at radius 2 is 0.750 bits per heavy atom. The smallest absolute Gasteiger partial charge is 0.463 e. The lowest BCUT2D eigenvalue weighted by atomic mass is 10.1. The molecular weight excluding hydrogens is 914 g/mol. The fraction of sp³-hybridized carbons (Fsp3) is 0.490. The average Bonchev–Trinajstić information content (AvgIpc) is 3.31. The van der Waals surface area contributed by atoms with E-state index in [1.54, 1.807) is 12.2 Å². The standard InChI is InChI=1S/C51H78O15P2/c1-3-5-7-9-11-13-15-17-19-20-21-22-23-24-26-28-30-32-34-36-38-40-51(56)62-42-48(53)44-64-68(59,60)66-46-49(54)45-65-67(57,58)63-43-47(52)41-61-50(55)39-37-35-33-31-29-27-25-18-16-14-12-10-8-6-4-2/h5-8,10-14,16-19,21-22,24-27,29-30,32,36,38,47-49,52-54H,3-4,9,15,20,23,28,31,33-35,37,39-46H2,1-2H3,(H,57,58)(H,59,60)/b7-5-,8-6+,12-10+,13-11-,16-14-,19-17-,22-21-,25-18-,26-24-,29-27+,32-30-,38-36-. The normalized spacial score (nSPS) is 16.3. The van der Waals surface area contributed by atoms with Crippen LogP contribution in [0.3, 0.4) is 0 Å². The van der Waals surface area contributed by atoms with Crippen molar-refractivity contribution in [3.8, 4) is 0 Å². The number of ether oxygens (including phenoxy) is 2. The van der Waals surface area contributed by atoms with Crippen LogP contribution in [0.2, 0.25) is 0 Å². The number of allylic oxidation sites excluding steroid dienone is 23. The zero-order valence-corrected chi connectivity index (χ0v) is 41.7. The van der Waals surface area contributed by atoms with E-state index in [0.717, 1.165) is 64.2 Å². The van der Waals surface area contributed by atoms with Crippen LogP contribution in [0.1, 0.15) is 104 Å². The van der Waals surface area contributed by atoms with Gasteiger partial charge in [0, 0.05) is 6.42 Å². The summed E-state index contributed by atoms with van der Waals surface area (Å²) < 4.78 is 52.8. The Morgan fingerprint density at radius 3 is 1.16 bits per heavy atom. The average molecular weight is 993 g/mol. The summed E-state index contributed by atoms with van der Waals surface area (Å²) >= 11 is 0. The Morgan fingerprint density at radius 1 is 0.412 bits per heavy atom. The van der Waals surface area contributed by atoms with Crippen LogP contribution in [0.25, 0.3) is 0 Å². The van der Waals surface area contributed by atoms with Crippen LogP contribution in [0.4, 0.5) is 0 Å². The summed E-state index contributed by atoms with van der Waals surface area (Å²) in [5.74, 6) is -1.18. The van der Waals surface area contributed by atoms with Crippen LogP contribution in [0.15, 0.2) is 146 Å². The highest BCUT2D eigenvalue weighted by atomic mass is 31.2. The first-order chi connectivity index (χ1) is 32.8. The molecule has 0 spiro atoms. The summed E-state index contributed by atoms with van der Waals surface area (Å²) in [5.41, 5.74) is 0. The van der Waals surface area contributed by atoms with Gasteiger partial charge in [-0.3, -0.25) is 27.7 Å². The van der Waals surface area contributed by atoms with E-state index in [1.807, 2.05) is 66.8 Å². The predicted octanol–water partition coefficient (Wildman–Crippen LogP) is 10.6. The molecule has 0 amide bonds. The van der Waals surface area contributed by atoms with E-state index >= 15 is 0 Å². The van der Waals surface area contributed by atoms with Crippen molar-refractivity contribution in [3.63, 3.8) is 0 Å². The van der Waals surface area contributed by atoms with Crippen LogP contribution in [-0.4, -0.2) is 95.0 Å². The second kappa shape index (κ2) is 45.4. The number of rotatable bonds is 42. The summed E-state index contributed by atoms with van der Waals surface area (Å²) in [6.45, 7) is -0.0689. The number of esters is 2. The third kappa shape index (κ3) is 47.0. The Kier molecular flexibility index (Phi) is 42.6.